The summed E-state index contributed by atoms with van der Waals surface area (Å²) in [5.41, 5.74) is 9.52. The normalized spacial score (nSPS) is 17.4. The lowest BCUT2D eigenvalue weighted by molar-refractivity contribution is -0.151. The smallest absolute Gasteiger partial charge is 0.237 e. The first-order valence-corrected chi connectivity index (χ1v) is 6.47. The van der Waals surface area contributed by atoms with Crippen molar-refractivity contribution in [2.24, 2.45) is 16.9 Å². The molecule has 3 amide bonds. The quantitative estimate of drug-likeness (QED) is 0.489. The fourth-order valence-electron chi connectivity index (χ4n) is 2.51. The largest absolute Gasteiger partial charge is 0.384 e. The van der Waals surface area contributed by atoms with Crippen LogP contribution in [-0.4, -0.2) is 62.5 Å². The van der Waals surface area contributed by atoms with Crippen LogP contribution in [0.5, 0.6) is 0 Å². The van der Waals surface area contributed by atoms with E-state index >= 15 is 0 Å². The van der Waals surface area contributed by atoms with Gasteiger partial charge >= 0.3 is 0 Å². The summed E-state index contributed by atoms with van der Waals surface area (Å²) in [6.45, 7) is 0.953. The lowest BCUT2D eigenvalue weighted by Crippen LogP contribution is -2.54. The Morgan fingerprint density at radius 3 is 2.05 bits per heavy atom. The summed E-state index contributed by atoms with van der Waals surface area (Å²) in [4.78, 5) is 36.0. The Morgan fingerprint density at radius 1 is 1.15 bits per heavy atom. The molecule has 0 saturated carbocycles. The molecule has 1 saturated heterocycles. The molecule has 1 rings (SSSR count). The first-order valence-electron chi connectivity index (χ1n) is 6.47. The summed E-state index contributed by atoms with van der Waals surface area (Å²) >= 11 is 0. The molecule has 8 nitrogen and oxygen atoms in total. The van der Waals surface area contributed by atoms with Gasteiger partial charge in [0.15, 0.2) is 0 Å². The third kappa shape index (κ3) is 4.17. The molecule has 1 aliphatic rings. The van der Waals surface area contributed by atoms with E-state index in [1.54, 1.807) is 0 Å². The fraction of sp³-hybridized carbons (Fsp3) is 0.750. The fourth-order valence-corrected chi connectivity index (χ4v) is 2.51. The molecule has 0 spiro atoms. The Labute approximate surface area is 117 Å². The maximum atomic E-state index is 12.7. The molecule has 0 aromatic rings. The molecule has 0 aliphatic carbocycles. The van der Waals surface area contributed by atoms with Crippen molar-refractivity contribution in [2.75, 3.05) is 39.9 Å². The predicted octanol–water partition coefficient (Wildman–Crippen LogP) is -2.20. The van der Waals surface area contributed by atoms with Crippen LogP contribution in [0.15, 0.2) is 0 Å². The number of hydrogen-bond acceptors (Lipinski definition) is 5. The van der Waals surface area contributed by atoms with Gasteiger partial charge in [0.2, 0.25) is 17.7 Å². The standard InChI is InChI=1S/C12H22N4O4/c1-20-8-12(2-4-15-5-3-12)11(19)16(6-9(13)17)7-10(14)18/h15H,2-8H2,1H3,(H2,13,17)(H2,14,18). The van der Waals surface area contributed by atoms with Crippen molar-refractivity contribution >= 4 is 17.7 Å². The van der Waals surface area contributed by atoms with E-state index in [1.807, 2.05) is 0 Å². The molecule has 20 heavy (non-hydrogen) atoms. The highest BCUT2D eigenvalue weighted by molar-refractivity contribution is 5.91. The van der Waals surface area contributed by atoms with Crippen LogP contribution in [0.4, 0.5) is 0 Å². The molecule has 0 bridgehead atoms. The van der Waals surface area contributed by atoms with Crippen LogP contribution in [0.1, 0.15) is 12.8 Å². The zero-order chi connectivity index (χ0) is 15.2. The number of rotatable bonds is 7. The van der Waals surface area contributed by atoms with Crippen LogP contribution in [0.3, 0.4) is 0 Å². The summed E-state index contributed by atoms with van der Waals surface area (Å²) in [6, 6.07) is 0. The molecular formula is C12H22N4O4. The number of carbonyl (C=O) groups is 3. The topological polar surface area (TPSA) is 128 Å². The zero-order valence-electron chi connectivity index (χ0n) is 11.7. The second-order valence-electron chi connectivity index (χ2n) is 5.06. The number of nitrogens with zero attached hydrogens (tertiary/aromatic N) is 1. The SMILES string of the molecule is COCC1(C(=O)N(CC(N)=O)CC(N)=O)CCNCC1. The number of carbonyl (C=O) groups excluding carboxylic acids is 3. The van der Waals surface area contributed by atoms with Gasteiger partial charge in [-0.1, -0.05) is 0 Å². The second-order valence-corrected chi connectivity index (χ2v) is 5.06. The zero-order valence-corrected chi connectivity index (χ0v) is 11.7. The van der Waals surface area contributed by atoms with Crippen LogP contribution >= 0.6 is 0 Å². The van der Waals surface area contributed by atoms with Crippen molar-refractivity contribution in [2.45, 2.75) is 12.8 Å². The van der Waals surface area contributed by atoms with Crippen molar-refractivity contribution in [3.05, 3.63) is 0 Å². The van der Waals surface area contributed by atoms with Gasteiger partial charge in [0, 0.05) is 7.11 Å². The Kier molecular flexibility index (Phi) is 5.90. The van der Waals surface area contributed by atoms with Crippen LogP contribution in [0, 0.1) is 5.41 Å². The molecule has 5 N–H and O–H groups in total. The Balaban J connectivity index is 2.92. The van der Waals surface area contributed by atoms with E-state index in [0.29, 0.717) is 25.9 Å². The maximum Gasteiger partial charge on any atom is 0.237 e. The minimum atomic E-state index is -0.731. The monoisotopic (exact) mass is 286 g/mol. The summed E-state index contributed by atoms with van der Waals surface area (Å²) < 4.78 is 5.16. The summed E-state index contributed by atoms with van der Waals surface area (Å²) in [5, 5.41) is 3.16. The molecule has 0 aromatic carbocycles. The number of ether oxygens (including phenoxy) is 1. The Hall–Kier alpha value is -1.67. The highest BCUT2D eigenvalue weighted by Gasteiger charge is 2.42. The van der Waals surface area contributed by atoms with E-state index in [9.17, 15) is 14.4 Å². The first-order chi connectivity index (χ1) is 9.41. The first kappa shape index (κ1) is 16.4. The third-order valence-electron chi connectivity index (χ3n) is 3.42. The average Bonchev–Trinajstić information content (AvgIpc) is 2.37. The minimum Gasteiger partial charge on any atom is -0.384 e. The van der Waals surface area contributed by atoms with Crippen molar-refractivity contribution in [1.82, 2.24) is 10.2 Å². The van der Waals surface area contributed by atoms with E-state index in [4.69, 9.17) is 16.2 Å². The molecule has 1 heterocycles. The molecule has 1 aliphatic heterocycles. The number of amides is 3. The maximum absolute atomic E-state index is 12.7. The van der Waals surface area contributed by atoms with Crippen LogP contribution in [0.25, 0.3) is 0 Å². The molecule has 114 valence electrons. The average molecular weight is 286 g/mol. The second kappa shape index (κ2) is 7.20. The van der Waals surface area contributed by atoms with Gasteiger partial charge in [-0.15, -0.1) is 0 Å². The highest BCUT2D eigenvalue weighted by atomic mass is 16.5. The van der Waals surface area contributed by atoms with E-state index < -0.39 is 17.2 Å². The Morgan fingerprint density at radius 2 is 1.65 bits per heavy atom. The number of nitrogens with two attached hydrogens (primary N) is 2. The van der Waals surface area contributed by atoms with E-state index in [0.717, 1.165) is 4.90 Å². The van der Waals surface area contributed by atoms with Gasteiger partial charge in [0.25, 0.3) is 0 Å². The highest BCUT2D eigenvalue weighted by Crippen LogP contribution is 2.31. The van der Waals surface area contributed by atoms with Gasteiger partial charge in [-0.05, 0) is 25.9 Å². The molecular weight excluding hydrogens is 264 g/mol. The summed E-state index contributed by atoms with van der Waals surface area (Å²) in [6.07, 6.45) is 1.15. The number of nitrogens with one attached hydrogen (secondary N) is 1. The van der Waals surface area contributed by atoms with Crippen LogP contribution < -0.4 is 16.8 Å². The van der Waals surface area contributed by atoms with Gasteiger partial charge in [-0.25, -0.2) is 0 Å². The molecule has 0 radical (unpaired) electrons. The molecule has 0 aromatic heterocycles. The lowest BCUT2D eigenvalue weighted by atomic mass is 9.78. The van der Waals surface area contributed by atoms with Gasteiger partial charge in [0.05, 0.1) is 25.1 Å². The van der Waals surface area contributed by atoms with Crippen LogP contribution in [0.2, 0.25) is 0 Å². The van der Waals surface area contributed by atoms with E-state index in [1.165, 1.54) is 7.11 Å². The molecule has 1 fully saturated rings. The summed E-state index contributed by atoms with van der Waals surface area (Å²) in [7, 11) is 1.52. The summed E-state index contributed by atoms with van der Waals surface area (Å²) in [5.74, 6) is -1.67. The van der Waals surface area contributed by atoms with Crippen molar-refractivity contribution < 1.29 is 19.1 Å². The Bertz CT molecular complexity index is 358. The number of hydrogen-bond donors (Lipinski definition) is 3. The lowest BCUT2D eigenvalue weighted by Gasteiger charge is -2.38. The van der Waals surface area contributed by atoms with Gasteiger partial charge in [0.1, 0.15) is 0 Å². The van der Waals surface area contributed by atoms with Gasteiger partial charge in [-0.3, -0.25) is 14.4 Å². The van der Waals surface area contributed by atoms with Crippen LogP contribution in [-0.2, 0) is 19.1 Å². The van der Waals surface area contributed by atoms with E-state index in [2.05, 4.69) is 5.32 Å². The van der Waals surface area contributed by atoms with E-state index in [-0.39, 0.29) is 25.6 Å². The number of methoxy groups -OCH3 is 1. The molecule has 8 heteroatoms. The van der Waals surface area contributed by atoms with Gasteiger partial charge < -0.3 is 26.4 Å². The van der Waals surface area contributed by atoms with Crippen molar-refractivity contribution in [3.8, 4) is 0 Å². The van der Waals surface area contributed by atoms with Crippen molar-refractivity contribution in [1.29, 1.82) is 0 Å². The molecule has 0 unspecified atom stereocenters. The molecule has 0 atom stereocenters. The predicted molar refractivity (Wildman–Crippen MR) is 71.4 cm³/mol. The number of primary amides is 2. The number of piperidine rings is 1. The van der Waals surface area contributed by atoms with Gasteiger partial charge in [-0.2, -0.15) is 0 Å². The van der Waals surface area contributed by atoms with Crippen molar-refractivity contribution in [3.63, 3.8) is 0 Å². The third-order valence-corrected chi connectivity index (χ3v) is 3.42. The minimum absolute atomic E-state index is 0.238.